The van der Waals surface area contributed by atoms with Crippen LogP contribution >= 0.6 is 27.3 Å². The Hall–Kier alpha value is -0.740. The van der Waals surface area contributed by atoms with Gasteiger partial charge in [0, 0.05) is 11.4 Å². The third-order valence-electron chi connectivity index (χ3n) is 1.67. The van der Waals surface area contributed by atoms with Crippen LogP contribution in [0.3, 0.4) is 0 Å². The Morgan fingerprint density at radius 1 is 1.54 bits per heavy atom. The summed E-state index contributed by atoms with van der Waals surface area (Å²) >= 11 is 4.82. The number of benzene rings is 1. The number of nitrogens with zero attached hydrogens (tertiary/aromatic N) is 1. The van der Waals surface area contributed by atoms with Gasteiger partial charge in [-0.1, -0.05) is 6.07 Å². The molecule has 1 heterocycles. The summed E-state index contributed by atoms with van der Waals surface area (Å²) in [6.45, 7) is 1.53. The SMILES string of the molecule is CC(=O)c1nc2c(Br)cccc2s1. The fourth-order valence-electron chi connectivity index (χ4n) is 1.07. The van der Waals surface area contributed by atoms with Gasteiger partial charge in [-0.3, -0.25) is 4.79 Å². The first-order valence-electron chi connectivity index (χ1n) is 3.74. The van der Waals surface area contributed by atoms with Crippen molar-refractivity contribution >= 4 is 43.3 Å². The number of ketones is 1. The van der Waals surface area contributed by atoms with Gasteiger partial charge in [-0.15, -0.1) is 11.3 Å². The number of carbonyl (C=O) groups is 1. The van der Waals surface area contributed by atoms with E-state index in [1.54, 1.807) is 0 Å². The van der Waals surface area contributed by atoms with Gasteiger partial charge in [-0.05, 0) is 28.1 Å². The zero-order valence-corrected chi connectivity index (χ0v) is 9.28. The number of halogens is 1. The summed E-state index contributed by atoms with van der Waals surface area (Å²) in [7, 11) is 0. The molecule has 0 fully saturated rings. The minimum Gasteiger partial charge on any atom is -0.292 e. The number of aromatic nitrogens is 1. The highest BCUT2D eigenvalue weighted by Gasteiger charge is 2.08. The highest BCUT2D eigenvalue weighted by molar-refractivity contribution is 9.10. The zero-order valence-electron chi connectivity index (χ0n) is 6.87. The lowest BCUT2D eigenvalue weighted by Crippen LogP contribution is -1.88. The molecule has 2 rings (SSSR count). The molecule has 0 aliphatic carbocycles. The molecule has 0 saturated carbocycles. The average Bonchev–Trinajstić information content (AvgIpc) is 2.49. The van der Waals surface area contributed by atoms with Crippen molar-refractivity contribution in [2.24, 2.45) is 0 Å². The van der Waals surface area contributed by atoms with Crippen LogP contribution in [-0.2, 0) is 0 Å². The van der Waals surface area contributed by atoms with Crippen LogP contribution in [0.15, 0.2) is 22.7 Å². The van der Waals surface area contributed by atoms with Crippen molar-refractivity contribution in [2.75, 3.05) is 0 Å². The number of fused-ring (bicyclic) bond motifs is 1. The third kappa shape index (κ3) is 1.51. The van der Waals surface area contributed by atoms with Gasteiger partial charge in [-0.2, -0.15) is 0 Å². The van der Waals surface area contributed by atoms with E-state index in [2.05, 4.69) is 20.9 Å². The van der Waals surface area contributed by atoms with Gasteiger partial charge < -0.3 is 0 Å². The maximum atomic E-state index is 11.1. The molecule has 2 aromatic rings. The number of hydrogen-bond donors (Lipinski definition) is 0. The maximum Gasteiger partial charge on any atom is 0.188 e. The predicted molar refractivity (Wildman–Crippen MR) is 57.3 cm³/mol. The molecular formula is C9H6BrNOS. The van der Waals surface area contributed by atoms with E-state index in [0.29, 0.717) is 5.01 Å². The first-order valence-corrected chi connectivity index (χ1v) is 5.35. The van der Waals surface area contributed by atoms with Crippen LogP contribution in [0.4, 0.5) is 0 Å². The lowest BCUT2D eigenvalue weighted by Gasteiger charge is -1.88. The first kappa shape index (κ1) is 8.84. The Balaban J connectivity index is 2.75. The van der Waals surface area contributed by atoms with Gasteiger partial charge in [0.1, 0.15) is 0 Å². The molecule has 0 amide bonds. The van der Waals surface area contributed by atoms with Gasteiger partial charge in [0.15, 0.2) is 10.8 Å². The van der Waals surface area contributed by atoms with Gasteiger partial charge >= 0.3 is 0 Å². The molecule has 13 heavy (non-hydrogen) atoms. The van der Waals surface area contributed by atoms with Crippen molar-refractivity contribution in [3.8, 4) is 0 Å². The van der Waals surface area contributed by atoms with Gasteiger partial charge in [0.25, 0.3) is 0 Å². The normalized spacial score (nSPS) is 10.6. The fraction of sp³-hybridized carbons (Fsp3) is 0.111. The largest absolute Gasteiger partial charge is 0.292 e. The van der Waals surface area contributed by atoms with Crippen LogP contribution in [0.1, 0.15) is 16.7 Å². The zero-order chi connectivity index (χ0) is 9.42. The summed E-state index contributed by atoms with van der Waals surface area (Å²) in [5.74, 6) is 0.0214. The quantitative estimate of drug-likeness (QED) is 0.733. The van der Waals surface area contributed by atoms with E-state index in [4.69, 9.17) is 0 Å². The second-order valence-corrected chi connectivity index (χ2v) is 4.55. The van der Waals surface area contributed by atoms with Crippen molar-refractivity contribution in [3.05, 3.63) is 27.7 Å². The Kier molecular flexibility index (Phi) is 2.17. The lowest BCUT2D eigenvalue weighted by molar-refractivity contribution is 0.101. The number of rotatable bonds is 1. The van der Waals surface area contributed by atoms with E-state index in [9.17, 15) is 4.79 Å². The van der Waals surface area contributed by atoms with Gasteiger partial charge in [0.05, 0.1) is 10.2 Å². The van der Waals surface area contributed by atoms with Crippen molar-refractivity contribution in [3.63, 3.8) is 0 Å². The van der Waals surface area contributed by atoms with Crippen molar-refractivity contribution in [1.29, 1.82) is 0 Å². The molecular weight excluding hydrogens is 250 g/mol. The van der Waals surface area contributed by atoms with E-state index in [1.165, 1.54) is 18.3 Å². The van der Waals surface area contributed by atoms with Crippen LogP contribution in [0.5, 0.6) is 0 Å². The van der Waals surface area contributed by atoms with E-state index in [-0.39, 0.29) is 5.78 Å². The van der Waals surface area contributed by atoms with Crippen LogP contribution in [0, 0.1) is 0 Å². The molecule has 0 N–H and O–H groups in total. The standard InChI is InChI=1S/C9H6BrNOS/c1-5(12)9-11-8-6(10)3-2-4-7(8)13-9/h2-4H,1H3. The van der Waals surface area contributed by atoms with Gasteiger partial charge in [-0.25, -0.2) is 4.98 Å². The molecule has 0 atom stereocenters. The summed E-state index contributed by atoms with van der Waals surface area (Å²) in [4.78, 5) is 15.3. The Bertz CT molecular complexity index is 477. The molecule has 0 aliphatic rings. The Labute approximate surface area is 87.7 Å². The first-order chi connectivity index (χ1) is 6.18. The molecule has 4 heteroatoms. The monoisotopic (exact) mass is 255 g/mol. The predicted octanol–water partition coefficient (Wildman–Crippen LogP) is 3.26. The summed E-state index contributed by atoms with van der Waals surface area (Å²) in [5, 5.41) is 0.571. The van der Waals surface area contributed by atoms with Crippen molar-refractivity contribution < 1.29 is 4.79 Å². The van der Waals surface area contributed by atoms with Crippen LogP contribution in [0.2, 0.25) is 0 Å². The second-order valence-electron chi connectivity index (χ2n) is 2.66. The number of thiazole rings is 1. The molecule has 2 nitrogen and oxygen atoms in total. The van der Waals surface area contributed by atoms with E-state index in [1.807, 2.05) is 18.2 Å². The second kappa shape index (κ2) is 3.20. The molecule has 1 aromatic heterocycles. The molecule has 1 aromatic carbocycles. The summed E-state index contributed by atoms with van der Waals surface area (Å²) < 4.78 is 1.98. The summed E-state index contributed by atoms with van der Waals surface area (Å²) in [5.41, 5.74) is 0.873. The molecule has 66 valence electrons. The van der Waals surface area contributed by atoms with E-state index in [0.717, 1.165) is 14.7 Å². The highest BCUT2D eigenvalue weighted by Crippen LogP contribution is 2.28. The minimum absolute atomic E-state index is 0.0214. The fourth-order valence-corrected chi connectivity index (χ4v) is 2.54. The van der Waals surface area contributed by atoms with Crippen LogP contribution < -0.4 is 0 Å². The lowest BCUT2D eigenvalue weighted by atomic mass is 10.3. The smallest absolute Gasteiger partial charge is 0.188 e. The summed E-state index contributed by atoms with van der Waals surface area (Å²) in [6, 6.07) is 5.82. The molecule has 0 spiro atoms. The number of Topliss-reactive ketones (excluding diaryl/α,β-unsaturated/α-hetero) is 1. The van der Waals surface area contributed by atoms with Crippen molar-refractivity contribution in [2.45, 2.75) is 6.92 Å². The third-order valence-corrected chi connectivity index (χ3v) is 3.43. The Morgan fingerprint density at radius 2 is 2.31 bits per heavy atom. The van der Waals surface area contributed by atoms with E-state index < -0.39 is 0 Å². The number of hydrogen-bond acceptors (Lipinski definition) is 3. The molecule has 0 aliphatic heterocycles. The molecule has 0 unspecified atom stereocenters. The van der Waals surface area contributed by atoms with Crippen LogP contribution in [0.25, 0.3) is 10.2 Å². The highest BCUT2D eigenvalue weighted by atomic mass is 79.9. The molecule has 0 radical (unpaired) electrons. The Morgan fingerprint density at radius 3 is 2.92 bits per heavy atom. The summed E-state index contributed by atoms with van der Waals surface area (Å²) in [6.07, 6.45) is 0. The van der Waals surface area contributed by atoms with Crippen LogP contribution in [-0.4, -0.2) is 10.8 Å². The van der Waals surface area contributed by atoms with Gasteiger partial charge in [0.2, 0.25) is 0 Å². The molecule has 0 saturated heterocycles. The minimum atomic E-state index is 0.0214. The maximum absolute atomic E-state index is 11.1. The topological polar surface area (TPSA) is 30.0 Å². The van der Waals surface area contributed by atoms with E-state index >= 15 is 0 Å². The van der Waals surface area contributed by atoms with Crippen molar-refractivity contribution in [1.82, 2.24) is 4.98 Å². The average molecular weight is 256 g/mol. The number of para-hydroxylation sites is 1. The molecule has 0 bridgehead atoms. The number of carbonyl (C=O) groups excluding carboxylic acids is 1.